The monoisotopic (exact) mass is 289 g/mol. The molecule has 6 nitrogen and oxygen atoms in total. The Balaban J connectivity index is 2.11. The topological polar surface area (TPSA) is 75.5 Å². The second-order valence-electron chi connectivity index (χ2n) is 5.29. The van der Waals surface area contributed by atoms with Crippen molar-refractivity contribution in [2.75, 3.05) is 13.1 Å². The highest BCUT2D eigenvalue weighted by molar-refractivity contribution is 5.92. The van der Waals surface area contributed by atoms with E-state index < -0.39 is 4.92 Å². The number of hydrogen-bond acceptors (Lipinski definition) is 4. The normalized spacial score (nSPS) is 22.5. The second kappa shape index (κ2) is 6.49. The average Bonchev–Trinajstić information content (AvgIpc) is 2.45. The van der Waals surface area contributed by atoms with Crippen molar-refractivity contribution in [3.05, 3.63) is 46.0 Å². The van der Waals surface area contributed by atoms with Gasteiger partial charge >= 0.3 is 0 Å². The molecule has 1 aromatic carbocycles. The van der Waals surface area contributed by atoms with Crippen molar-refractivity contribution in [3.63, 3.8) is 0 Å². The molecule has 0 aliphatic carbocycles. The summed E-state index contributed by atoms with van der Waals surface area (Å²) in [7, 11) is 0. The third-order valence-electron chi connectivity index (χ3n) is 3.58. The van der Waals surface area contributed by atoms with E-state index in [0.29, 0.717) is 5.56 Å². The van der Waals surface area contributed by atoms with Gasteiger partial charge in [0.1, 0.15) is 0 Å². The lowest BCUT2D eigenvalue weighted by atomic mass is 10.1. The molecule has 0 bridgehead atoms. The van der Waals surface area contributed by atoms with Crippen LogP contribution in [0.4, 0.5) is 5.69 Å². The minimum Gasteiger partial charge on any atom is -0.331 e. The Hall–Kier alpha value is -2.21. The molecule has 2 atom stereocenters. The number of rotatable bonds is 3. The van der Waals surface area contributed by atoms with E-state index in [0.717, 1.165) is 13.1 Å². The number of nitrogens with one attached hydrogen (secondary N) is 1. The number of benzene rings is 1. The molecule has 21 heavy (non-hydrogen) atoms. The summed E-state index contributed by atoms with van der Waals surface area (Å²) in [6.07, 6.45) is 3.11. The highest BCUT2D eigenvalue weighted by Crippen LogP contribution is 2.15. The summed E-state index contributed by atoms with van der Waals surface area (Å²) in [4.78, 5) is 24.4. The largest absolute Gasteiger partial charge is 0.331 e. The van der Waals surface area contributed by atoms with Gasteiger partial charge in [-0.3, -0.25) is 14.9 Å². The van der Waals surface area contributed by atoms with Crippen LogP contribution >= 0.6 is 0 Å². The number of amides is 1. The highest BCUT2D eigenvalue weighted by atomic mass is 16.6. The SMILES string of the molecule is CC1CNCC(C)N1C(=O)C=Cc1cccc([N+](=O)[O-])c1. The highest BCUT2D eigenvalue weighted by Gasteiger charge is 2.27. The van der Waals surface area contributed by atoms with Gasteiger partial charge in [-0.25, -0.2) is 0 Å². The number of nitro groups is 1. The fraction of sp³-hybridized carbons (Fsp3) is 0.400. The van der Waals surface area contributed by atoms with E-state index in [1.807, 2.05) is 18.7 Å². The molecule has 1 aromatic rings. The summed E-state index contributed by atoms with van der Waals surface area (Å²) in [5.41, 5.74) is 0.668. The molecule has 112 valence electrons. The molecule has 1 aliphatic rings. The maximum atomic E-state index is 12.3. The summed E-state index contributed by atoms with van der Waals surface area (Å²) in [6, 6.07) is 6.50. The van der Waals surface area contributed by atoms with E-state index in [2.05, 4.69) is 5.32 Å². The van der Waals surface area contributed by atoms with Crippen LogP contribution in [0.25, 0.3) is 6.08 Å². The number of hydrogen-bond donors (Lipinski definition) is 1. The summed E-state index contributed by atoms with van der Waals surface area (Å²) in [6.45, 7) is 5.56. The molecule has 1 aliphatic heterocycles. The van der Waals surface area contributed by atoms with Crippen molar-refractivity contribution < 1.29 is 9.72 Å². The Morgan fingerprint density at radius 3 is 2.67 bits per heavy atom. The maximum absolute atomic E-state index is 12.3. The molecule has 0 spiro atoms. The summed E-state index contributed by atoms with van der Waals surface area (Å²) < 4.78 is 0. The van der Waals surface area contributed by atoms with Gasteiger partial charge in [-0.15, -0.1) is 0 Å². The van der Waals surface area contributed by atoms with Crippen LogP contribution in [-0.2, 0) is 4.79 Å². The smallest absolute Gasteiger partial charge is 0.270 e. The minimum atomic E-state index is -0.445. The number of nitrogens with zero attached hydrogens (tertiary/aromatic N) is 2. The van der Waals surface area contributed by atoms with Gasteiger partial charge in [-0.05, 0) is 25.5 Å². The fourth-order valence-corrected chi connectivity index (χ4v) is 2.56. The Morgan fingerprint density at radius 1 is 1.38 bits per heavy atom. The molecule has 0 saturated carbocycles. The zero-order valence-electron chi connectivity index (χ0n) is 12.2. The Bertz CT molecular complexity index is 561. The van der Waals surface area contributed by atoms with Gasteiger partial charge in [-0.2, -0.15) is 0 Å². The third-order valence-corrected chi connectivity index (χ3v) is 3.58. The molecular weight excluding hydrogens is 270 g/mol. The van der Waals surface area contributed by atoms with Crippen molar-refractivity contribution in [1.82, 2.24) is 10.2 Å². The van der Waals surface area contributed by atoms with Crippen LogP contribution in [0.2, 0.25) is 0 Å². The number of nitro benzene ring substituents is 1. The van der Waals surface area contributed by atoms with E-state index in [-0.39, 0.29) is 23.7 Å². The predicted molar refractivity (Wildman–Crippen MR) is 80.8 cm³/mol. The molecule has 1 amide bonds. The molecule has 1 fully saturated rings. The molecule has 2 rings (SSSR count). The standard InChI is InChI=1S/C15H19N3O3/c1-11-9-16-10-12(2)17(11)15(19)7-6-13-4-3-5-14(8-13)18(20)21/h3-8,11-12,16H,9-10H2,1-2H3. The van der Waals surface area contributed by atoms with Crippen molar-refractivity contribution in [2.24, 2.45) is 0 Å². The third kappa shape index (κ3) is 3.66. The van der Waals surface area contributed by atoms with E-state index in [1.54, 1.807) is 18.2 Å². The van der Waals surface area contributed by atoms with Gasteiger partial charge in [0.15, 0.2) is 0 Å². The Labute approximate surface area is 123 Å². The van der Waals surface area contributed by atoms with Crippen LogP contribution < -0.4 is 5.32 Å². The predicted octanol–water partition coefficient (Wildman–Crippen LogP) is 1.82. The summed E-state index contributed by atoms with van der Waals surface area (Å²) in [5.74, 6) is -0.0667. The first-order valence-electron chi connectivity index (χ1n) is 6.94. The molecule has 0 radical (unpaired) electrons. The average molecular weight is 289 g/mol. The van der Waals surface area contributed by atoms with Crippen LogP contribution in [0.15, 0.2) is 30.3 Å². The van der Waals surface area contributed by atoms with Crippen LogP contribution in [-0.4, -0.2) is 40.9 Å². The van der Waals surface area contributed by atoms with Gasteiger partial charge in [0.2, 0.25) is 5.91 Å². The first-order chi connectivity index (χ1) is 9.99. The van der Waals surface area contributed by atoms with E-state index >= 15 is 0 Å². The molecule has 2 unspecified atom stereocenters. The first-order valence-corrected chi connectivity index (χ1v) is 6.94. The number of piperazine rings is 1. The lowest BCUT2D eigenvalue weighted by Crippen LogP contribution is -2.56. The Morgan fingerprint density at radius 2 is 2.05 bits per heavy atom. The maximum Gasteiger partial charge on any atom is 0.270 e. The van der Waals surface area contributed by atoms with Crippen molar-refractivity contribution >= 4 is 17.7 Å². The second-order valence-corrected chi connectivity index (χ2v) is 5.29. The quantitative estimate of drug-likeness (QED) is 0.523. The van der Waals surface area contributed by atoms with Crippen molar-refractivity contribution in [3.8, 4) is 0 Å². The lowest BCUT2D eigenvalue weighted by Gasteiger charge is -2.38. The lowest BCUT2D eigenvalue weighted by molar-refractivity contribution is -0.384. The first kappa shape index (κ1) is 15.2. The van der Waals surface area contributed by atoms with Gasteiger partial charge in [-0.1, -0.05) is 12.1 Å². The molecule has 1 saturated heterocycles. The van der Waals surface area contributed by atoms with Crippen LogP contribution in [0.5, 0.6) is 0 Å². The molecule has 6 heteroatoms. The molecular formula is C15H19N3O3. The molecule has 0 aromatic heterocycles. The Kier molecular flexibility index (Phi) is 4.70. The zero-order valence-corrected chi connectivity index (χ0v) is 12.2. The van der Waals surface area contributed by atoms with Crippen molar-refractivity contribution in [2.45, 2.75) is 25.9 Å². The van der Waals surface area contributed by atoms with Gasteiger partial charge in [0.05, 0.1) is 4.92 Å². The molecule has 1 N–H and O–H groups in total. The van der Waals surface area contributed by atoms with Gasteiger partial charge < -0.3 is 10.2 Å². The fourth-order valence-electron chi connectivity index (χ4n) is 2.56. The summed E-state index contributed by atoms with van der Waals surface area (Å²) >= 11 is 0. The van der Waals surface area contributed by atoms with E-state index in [9.17, 15) is 14.9 Å². The number of carbonyl (C=O) groups is 1. The van der Waals surface area contributed by atoms with Crippen LogP contribution in [0, 0.1) is 10.1 Å². The van der Waals surface area contributed by atoms with Crippen LogP contribution in [0.3, 0.4) is 0 Å². The zero-order chi connectivity index (χ0) is 15.4. The van der Waals surface area contributed by atoms with Crippen molar-refractivity contribution in [1.29, 1.82) is 0 Å². The number of carbonyl (C=O) groups excluding carboxylic acids is 1. The van der Waals surface area contributed by atoms with E-state index in [1.165, 1.54) is 18.2 Å². The number of non-ortho nitro benzene ring substituents is 1. The van der Waals surface area contributed by atoms with Crippen LogP contribution in [0.1, 0.15) is 19.4 Å². The summed E-state index contributed by atoms with van der Waals surface area (Å²) in [5, 5.41) is 14.0. The minimum absolute atomic E-state index is 0.0218. The van der Waals surface area contributed by atoms with E-state index in [4.69, 9.17) is 0 Å². The van der Waals surface area contributed by atoms with Gasteiger partial charge in [0, 0.05) is 43.4 Å². The van der Waals surface area contributed by atoms with Gasteiger partial charge in [0.25, 0.3) is 5.69 Å². The molecule has 1 heterocycles.